The zero-order valence-electron chi connectivity index (χ0n) is 15.9. The van der Waals surface area contributed by atoms with Gasteiger partial charge in [0, 0.05) is 0 Å². The highest BCUT2D eigenvalue weighted by molar-refractivity contribution is 8.00. The van der Waals surface area contributed by atoms with Gasteiger partial charge in [-0.3, -0.25) is 4.79 Å². The van der Waals surface area contributed by atoms with E-state index >= 15 is 0 Å². The summed E-state index contributed by atoms with van der Waals surface area (Å²) in [7, 11) is 0. The van der Waals surface area contributed by atoms with Gasteiger partial charge in [0.2, 0.25) is 5.91 Å². The van der Waals surface area contributed by atoms with Gasteiger partial charge < -0.3 is 5.32 Å². The number of thioether (sulfide) groups is 1. The molecule has 0 saturated carbocycles. The fourth-order valence-corrected chi connectivity index (χ4v) is 4.81. The Hall–Kier alpha value is -3.30. The van der Waals surface area contributed by atoms with E-state index in [4.69, 9.17) is 0 Å². The van der Waals surface area contributed by atoms with Gasteiger partial charge in [0.15, 0.2) is 10.8 Å². The molecule has 148 valence electrons. The average molecular weight is 433 g/mol. The highest BCUT2D eigenvalue weighted by Crippen LogP contribution is 2.28. The van der Waals surface area contributed by atoms with Crippen LogP contribution in [-0.2, 0) is 4.79 Å². The van der Waals surface area contributed by atoms with Crippen molar-refractivity contribution in [3.05, 3.63) is 66.6 Å². The van der Waals surface area contributed by atoms with Crippen LogP contribution < -0.4 is 5.32 Å². The summed E-state index contributed by atoms with van der Waals surface area (Å²) in [5.74, 6) is 0.0930. The minimum atomic E-state index is -0.127. The van der Waals surface area contributed by atoms with Crippen LogP contribution in [0.25, 0.3) is 26.9 Å². The third-order valence-electron chi connectivity index (χ3n) is 4.46. The number of benzene rings is 2. The Morgan fingerprint density at radius 3 is 2.90 bits per heavy atom. The summed E-state index contributed by atoms with van der Waals surface area (Å²) < 4.78 is 2.83. The molecule has 0 saturated heterocycles. The molecule has 1 amide bonds. The molecule has 0 bridgehead atoms. The average Bonchev–Trinajstić information content (AvgIpc) is 3.36. The van der Waals surface area contributed by atoms with E-state index in [-0.39, 0.29) is 11.7 Å². The molecule has 30 heavy (non-hydrogen) atoms. The summed E-state index contributed by atoms with van der Waals surface area (Å²) in [6.45, 7) is 2.04. The SMILES string of the molecule is Cc1ccc2nc(NC(=O)CSc3ncnc4c3cnn4-c3ccccc3)sc2c1. The van der Waals surface area contributed by atoms with Crippen LogP contribution in [0.1, 0.15) is 5.56 Å². The van der Waals surface area contributed by atoms with E-state index < -0.39 is 0 Å². The van der Waals surface area contributed by atoms with Gasteiger partial charge in [0.1, 0.15) is 11.4 Å². The van der Waals surface area contributed by atoms with Gasteiger partial charge in [-0.25, -0.2) is 19.6 Å². The lowest BCUT2D eigenvalue weighted by atomic mass is 10.2. The number of nitrogens with zero attached hydrogens (tertiary/aromatic N) is 5. The smallest absolute Gasteiger partial charge is 0.236 e. The lowest BCUT2D eigenvalue weighted by Crippen LogP contribution is -2.13. The minimum Gasteiger partial charge on any atom is -0.301 e. The monoisotopic (exact) mass is 432 g/mol. The predicted octanol–water partition coefficient (Wildman–Crippen LogP) is 4.46. The Morgan fingerprint density at radius 1 is 1.17 bits per heavy atom. The van der Waals surface area contributed by atoms with E-state index in [1.165, 1.54) is 35.0 Å². The molecule has 1 N–H and O–H groups in total. The Labute approximate surface area is 180 Å². The Kier molecular flexibility index (Phi) is 4.89. The Bertz CT molecular complexity index is 1360. The van der Waals surface area contributed by atoms with Crippen molar-refractivity contribution in [1.29, 1.82) is 0 Å². The van der Waals surface area contributed by atoms with Crippen molar-refractivity contribution in [2.24, 2.45) is 0 Å². The van der Waals surface area contributed by atoms with Gasteiger partial charge in [-0.2, -0.15) is 5.10 Å². The molecule has 0 aliphatic rings. The van der Waals surface area contributed by atoms with Gasteiger partial charge in [-0.05, 0) is 36.8 Å². The van der Waals surface area contributed by atoms with E-state index in [0.717, 1.165) is 26.3 Å². The molecule has 3 heterocycles. The fourth-order valence-electron chi connectivity index (χ4n) is 3.07. The first-order valence-corrected chi connectivity index (χ1v) is 11.0. The highest BCUT2D eigenvalue weighted by atomic mass is 32.2. The number of nitrogens with one attached hydrogen (secondary N) is 1. The van der Waals surface area contributed by atoms with Gasteiger partial charge in [0.05, 0.1) is 33.2 Å². The molecule has 0 aliphatic heterocycles. The van der Waals surface area contributed by atoms with Crippen LogP contribution >= 0.6 is 23.1 Å². The van der Waals surface area contributed by atoms with Gasteiger partial charge >= 0.3 is 0 Å². The van der Waals surface area contributed by atoms with E-state index in [0.29, 0.717) is 10.8 Å². The summed E-state index contributed by atoms with van der Waals surface area (Å²) in [6.07, 6.45) is 3.23. The molecule has 3 aromatic heterocycles. The van der Waals surface area contributed by atoms with Crippen LogP contribution in [0, 0.1) is 6.92 Å². The van der Waals surface area contributed by atoms with Crippen molar-refractivity contribution in [3.8, 4) is 5.69 Å². The first-order chi connectivity index (χ1) is 14.7. The van der Waals surface area contributed by atoms with Crippen molar-refractivity contribution in [3.63, 3.8) is 0 Å². The molecule has 9 heteroatoms. The van der Waals surface area contributed by atoms with Crippen molar-refractivity contribution < 1.29 is 4.79 Å². The van der Waals surface area contributed by atoms with Crippen LogP contribution in [0.4, 0.5) is 5.13 Å². The third-order valence-corrected chi connectivity index (χ3v) is 6.40. The number of carbonyl (C=O) groups is 1. The summed E-state index contributed by atoms with van der Waals surface area (Å²) in [4.78, 5) is 25.7. The lowest BCUT2D eigenvalue weighted by Gasteiger charge is -2.04. The number of thiazole rings is 1. The van der Waals surface area contributed by atoms with Gasteiger partial charge in [-0.1, -0.05) is 47.4 Å². The quantitative estimate of drug-likeness (QED) is 0.326. The maximum absolute atomic E-state index is 12.5. The van der Waals surface area contributed by atoms with E-state index in [9.17, 15) is 4.79 Å². The summed E-state index contributed by atoms with van der Waals surface area (Å²) in [5.41, 5.74) is 3.69. The number of para-hydroxylation sites is 1. The molecular weight excluding hydrogens is 416 g/mol. The summed E-state index contributed by atoms with van der Waals surface area (Å²) in [5, 5.41) is 9.46. The minimum absolute atomic E-state index is 0.127. The van der Waals surface area contributed by atoms with Crippen molar-refractivity contribution in [2.75, 3.05) is 11.1 Å². The van der Waals surface area contributed by atoms with Crippen LogP contribution in [-0.4, -0.2) is 36.4 Å². The molecule has 0 aliphatic carbocycles. The molecule has 7 nitrogen and oxygen atoms in total. The highest BCUT2D eigenvalue weighted by Gasteiger charge is 2.14. The molecule has 5 aromatic rings. The molecule has 0 spiro atoms. The topological polar surface area (TPSA) is 85.6 Å². The number of hydrogen-bond donors (Lipinski definition) is 1. The first kappa shape index (κ1) is 18.7. The third kappa shape index (κ3) is 3.64. The van der Waals surface area contributed by atoms with Gasteiger partial charge in [-0.15, -0.1) is 0 Å². The number of rotatable bonds is 5. The molecular formula is C21H16N6OS2. The maximum atomic E-state index is 12.5. The number of amides is 1. The molecule has 0 atom stereocenters. The number of aromatic nitrogens is 5. The van der Waals surface area contributed by atoms with Crippen molar-refractivity contribution in [2.45, 2.75) is 11.9 Å². The van der Waals surface area contributed by atoms with Crippen LogP contribution in [0.5, 0.6) is 0 Å². The second-order valence-electron chi connectivity index (χ2n) is 6.64. The number of hydrogen-bond acceptors (Lipinski definition) is 7. The number of fused-ring (bicyclic) bond motifs is 2. The second kappa shape index (κ2) is 7.85. The molecule has 0 fully saturated rings. The summed E-state index contributed by atoms with van der Waals surface area (Å²) in [6, 6.07) is 15.8. The van der Waals surface area contributed by atoms with Crippen LogP contribution in [0.3, 0.4) is 0 Å². The first-order valence-electron chi connectivity index (χ1n) is 9.21. The van der Waals surface area contributed by atoms with Gasteiger partial charge in [0.25, 0.3) is 0 Å². The van der Waals surface area contributed by atoms with Crippen molar-refractivity contribution in [1.82, 2.24) is 24.7 Å². The zero-order valence-corrected chi connectivity index (χ0v) is 17.6. The zero-order chi connectivity index (χ0) is 20.5. The fraction of sp³-hybridized carbons (Fsp3) is 0.0952. The largest absolute Gasteiger partial charge is 0.301 e. The van der Waals surface area contributed by atoms with E-state index in [2.05, 4.69) is 31.4 Å². The number of carbonyl (C=O) groups excluding carboxylic acids is 1. The van der Waals surface area contributed by atoms with Crippen LogP contribution in [0.2, 0.25) is 0 Å². The molecule has 2 aromatic carbocycles. The number of anilines is 1. The summed E-state index contributed by atoms with van der Waals surface area (Å²) >= 11 is 2.83. The lowest BCUT2D eigenvalue weighted by molar-refractivity contribution is -0.113. The van der Waals surface area contributed by atoms with E-state index in [1.54, 1.807) is 10.9 Å². The number of aryl methyl sites for hydroxylation is 1. The second-order valence-corrected chi connectivity index (χ2v) is 8.63. The van der Waals surface area contributed by atoms with Crippen molar-refractivity contribution >= 4 is 55.4 Å². The molecule has 0 unspecified atom stereocenters. The Balaban J connectivity index is 1.32. The predicted molar refractivity (Wildman–Crippen MR) is 120 cm³/mol. The maximum Gasteiger partial charge on any atom is 0.236 e. The Morgan fingerprint density at radius 2 is 2.03 bits per heavy atom. The van der Waals surface area contributed by atoms with Crippen LogP contribution in [0.15, 0.2) is 66.1 Å². The molecule has 5 rings (SSSR count). The molecule has 0 radical (unpaired) electrons. The standard InChI is InChI=1S/C21H16N6OS2/c1-13-7-8-16-17(9-13)30-21(25-16)26-18(28)11-29-20-15-10-24-27(19(15)22-12-23-20)14-5-3-2-4-6-14/h2-10,12H,11H2,1H3,(H,25,26,28). The normalized spacial score (nSPS) is 11.2. The van der Waals surface area contributed by atoms with E-state index in [1.807, 2.05) is 49.4 Å².